The minimum atomic E-state index is 0.0778. The van der Waals surface area contributed by atoms with Crippen LogP contribution < -0.4 is 11.1 Å². The molecule has 4 nitrogen and oxygen atoms in total. The summed E-state index contributed by atoms with van der Waals surface area (Å²) in [5, 5.41) is 3.26. The summed E-state index contributed by atoms with van der Waals surface area (Å²) in [4.78, 5) is 8.57. The first-order valence-electron chi connectivity index (χ1n) is 5.78. The first-order valence-corrected chi connectivity index (χ1v) is 7.37. The van der Waals surface area contributed by atoms with Crippen LogP contribution in [-0.2, 0) is 6.42 Å². The van der Waals surface area contributed by atoms with Gasteiger partial charge < -0.3 is 11.1 Å². The topological polar surface area (TPSA) is 63.8 Å². The second-order valence-corrected chi connectivity index (χ2v) is 5.91. The molecule has 0 amide bonds. The van der Waals surface area contributed by atoms with Gasteiger partial charge in [-0.2, -0.15) is 0 Å². The minimum Gasteiger partial charge on any atom is -0.398 e. The molecule has 2 heterocycles. The van der Waals surface area contributed by atoms with Crippen molar-refractivity contribution in [2.45, 2.75) is 12.5 Å². The number of hydrogen-bond donors (Lipinski definition) is 2. The van der Waals surface area contributed by atoms with E-state index >= 15 is 0 Å². The van der Waals surface area contributed by atoms with Crippen molar-refractivity contribution in [2.24, 2.45) is 0 Å². The number of rotatable bonds is 4. The van der Waals surface area contributed by atoms with Crippen molar-refractivity contribution in [1.82, 2.24) is 15.3 Å². The lowest BCUT2D eigenvalue weighted by molar-refractivity contribution is 0.573. The number of nitrogens with zero attached hydrogens (tertiary/aromatic N) is 2. The molecule has 2 aromatic heterocycles. The van der Waals surface area contributed by atoms with Gasteiger partial charge in [0.15, 0.2) is 0 Å². The molecule has 0 bridgehead atoms. The van der Waals surface area contributed by atoms with Gasteiger partial charge in [0.2, 0.25) is 0 Å². The Bertz CT molecular complexity index is 574. The molecule has 1 unspecified atom stereocenters. The first-order chi connectivity index (χ1) is 9.11. The van der Waals surface area contributed by atoms with Crippen molar-refractivity contribution < 1.29 is 0 Å². The van der Waals surface area contributed by atoms with Crippen LogP contribution in [0.15, 0.2) is 39.7 Å². The number of likely N-dealkylation sites (N-methyl/N-ethyl adjacent to an activating group) is 1. The molecule has 0 aromatic carbocycles. The van der Waals surface area contributed by atoms with E-state index < -0.39 is 0 Å². The van der Waals surface area contributed by atoms with E-state index in [1.165, 1.54) is 0 Å². The van der Waals surface area contributed by atoms with Gasteiger partial charge in [-0.3, -0.25) is 9.97 Å². The highest BCUT2D eigenvalue weighted by atomic mass is 79.9. The van der Waals surface area contributed by atoms with Gasteiger partial charge >= 0.3 is 0 Å². The Morgan fingerprint density at radius 1 is 1.37 bits per heavy atom. The number of hydrogen-bond acceptors (Lipinski definition) is 4. The number of nitrogens with one attached hydrogen (secondary N) is 1. The zero-order valence-corrected chi connectivity index (χ0v) is 13.6. The van der Waals surface area contributed by atoms with Crippen molar-refractivity contribution >= 4 is 37.5 Å². The summed E-state index contributed by atoms with van der Waals surface area (Å²) in [6.45, 7) is 0. The normalized spacial score (nSPS) is 12.4. The van der Waals surface area contributed by atoms with Gasteiger partial charge in [-0.25, -0.2) is 0 Å². The Hall–Kier alpha value is -0.980. The van der Waals surface area contributed by atoms with E-state index in [9.17, 15) is 0 Å². The third-order valence-corrected chi connectivity index (χ3v) is 3.95. The lowest BCUT2D eigenvalue weighted by Gasteiger charge is -2.18. The summed E-state index contributed by atoms with van der Waals surface area (Å²) >= 11 is 6.94. The summed E-state index contributed by atoms with van der Waals surface area (Å²) in [7, 11) is 1.91. The fraction of sp³-hybridized carbons (Fsp3) is 0.231. The summed E-state index contributed by atoms with van der Waals surface area (Å²) < 4.78 is 1.91. The molecule has 0 aliphatic rings. The van der Waals surface area contributed by atoms with Crippen molar-refractivity contribution in [2.75, 3.05) is 12.8 Å². The van der Waals surface area contributed by atoms with E-state index in [1.54, 1.807) is 18.6 Å². The number of nitrogens with two attached hydrogens (primary N) is 1. The molecular weight excluding hydrogens is 372 g/mol. The molecule has 0 saturated heterocycles. The van der Waals surface area contributed by atoms with E-state index in [4.69, 9.17) is 5.73 Å². The van der Waals surface area contributed by atoms with Crippen molar-refractivity contribution in [3.05, 3.63) is 50.9 Å². The van der Waals surface area contributed by atoms with E-state index in [2.05, 4.69) is 47.1 Å². The smallest absolute Gasteiger partial charge is 0.0719 e. The first kappa shape index (κ1) is 14.4. The van der Waals surface area contributed by atoms with Gasteiger partial charge in [0.25, 0.3) is 0 Å². The predicted octanol–water partition coefficient (Wildman–Crippen LogP) is 3.09. The molecule has 0 radical (unpaired) electrons. The average molecular weight is 386 g/mol. The summed E-state index contributed by atoms with van der Waals surface area (Å²) in [6.07, 6.45) is 6.02. The molecule has 6 heteroatoms. The van der Waals surface area contributed by atoms with Gasteiger partial charge in [-0.1, -0.05) is 0 Å². The Labute approximate surface area is 129 Å². The maximum absolute atomic E-state index is 5.96. The maximum atomic E-state index is 5.96. The lowest BCUT2D eigenvalue weighted by Crippen LogP contribution is -2.21. The van der Waals surface area contributed by atoms with Crippen LogP contribution in [0.4, 0.5) is 5.69 Å². The zero-order chi connectivity index (χ0) is 13.8. The highest BCUT2D eigenvalue weighted by Gasteiger charge is 2.16. The van der Waals surface area contributed by atoms with E-state index in [1.807, 2.05) is 19.2 Å². The summed E-state index contributed by atoms with van der Waals surface area (Å²) in [5.41, 5.74) is 8.67. The SMILES string of the molecule is CNC(Cc1cnccc1N)c1ncc(Br)cc1Br. The largest absolute Gasteiger partial charge is 0.398 e. The van der Waals surface area contributed by atoms with Gasteiger partial charge in [-0.15, -0.1) is 0 Å². The van der Waals surface area contributed by atoms with Crippen LogP contribution in [-0.4, -0.2) is 17.0 Å². The molecule has 0 saturated carbocycles. The van der Waals surface area contributed by atoms with Crippen LogP contribution >= 0.6 is 31.9 Å². The van der Waals surface area contributed by atoms with Gasteiger partial charge in [0.1, 0.15) is 0 Å². The summed E-state index contributed by atoms with van der Waals surface area (Å²) in [5.74, 6) is 0. The molecular formula is C13H14Br2N4. The van der Waals surface area contributed by atoms with Crippen LogP contribution in [0.5, 0.6) is 0 Å². The van der Waals surface area contributed by atoms with Crippen LogP contribution in [0.25, 0.3) is 0 Å². The number of nitrogen functional groups attached to an aromatic ring is 1. The van der Waals surface area contributed by atoms with Crippen LogP contribution in [0.2, 0.25) is 0 Å². The molecule has 2 rings (SSSR count). The predicted molar refractivity (Wildman–Crippen MR) is 83.8 cm³/mol. The van der Waals surface area contributed by atoms with E-state index in [-0.39, 0.29) is 6.04 Å². The van der Waals surface area contributed by atoms with E-state index in [0.717, 1.165) is 32.3 Å². The van der Waals surface area contributed by atoms with Crippen LogP contribution in [0.3, 0.4) is 0 Å². The lowest BCUT2D eigenvalue weighted by atomic mass is 10.0. The second kappa shape index (κ2) is 6.45. The number of anilines is 1. The van der Waals surface area contributed by atoms with Crippen LogP contribution in [0.1, 0.15) is 17.3 Å². The number of aromatic nitrogens is 2. The van der Waals surface area contributed by atoms with Crippen LogP contribution in [0, 0.1) is 0 Å². The molecule has 0 fully saturated rings. The molecule has 2 aromatic rings. The quantitative estimate of drug-likeness (QED) is 0.848. The van der Waals surface area contributed by atoms with Gasteiger partial charge in [-0.05, 0) is 63.0 Å². The summed E-state index contributed by atoms with van der Waals surface area (Å²) in [6, 6.07) is 3.87. The monoisotopic (exact) mass is 384 g/mol. The fourth-order valence-corrected chi connectivity index (χ4v) is 3.11. The number of pyridine rings is 2. The van der Waals surface area contributed by atoms with Crippen molar-refractivity contribution in [1.29, 1.82) is 0 Å². The Morgan fingerprint density at radius 2 is 2.16 bits per heavy atom. The van der Waals surface area contributed by atoms with Gasteiger partial charge in [0.05, 0.1) is 11.7 Å². The Morgan fingerprint density at radius 3 is 2.79 bits per heavy atom. The standard InChI is InChI=1S/C13H14Br2N4/c1-17-12(4-8-6-18-3-2-11(8)16)13-10(15)5-9(14)7-19-13/h2-3,5-7,12,17H,4H2,1H3,(H2,16,18). The molecule has 19 heavy (non-hydrogen) atoms. The third kappa shape index (κ3) is 3.52. The highest BCUT2D eigenvalue weighted by Crippen LogP contribution is 2.27. The second-order valence-electron chi connectivity index (χ2n) is 4.14. The molecule has 1 atom stereocenters. The Balaban J connectivity index is 2.28. The number of halogens is 2. The molecule has 0 aliphatic heterocycles. The fourth-order valence-electron chi connectivity index (χ4n) is 1.85. The molecule has 0 spiro atoms. The Kier molecular flexibility index (Phi) is 4.90. The molecule has 100 valence electrons. The molecule has 3 N–H and O–H groups in total. The van der Waals surface area contributed by atoms with Crippen molar-refractivity contribution in [3.63, 3.8) is 0 Å². The van der Waals surface area contributed by atoms with E-state index in [0.29, 0.717) is 0 Å². The third-order valence-electron chi connectivity index (χ3n) is 2.88. The highest BCUT2D eigenvalue weighted by molar-refractivity contribution is 9.11. The zero-order valence-electron chi connectivity index (χ0n) is 10.4. The van der Waals surface area contributed by atoms with Gasteiger partial charge in [0, 0.05) is 33.2 Å². The average Bonchev–Trinajstić information content (AvgIpc) is 2.39. The molecule has 0 aliphatic carbocycles. The maximum Gasteiger partial charge on any atom is 0.0719 e. The minimum absolute atomic E-state index is 0.0778. The van der Waals surface area contributed by atoms with Crippen molar-refractivity contribution in [3.8, 4) is 0 Å².